The van der Waals surface area contributed by atoms with Crippen molar-refractivity contribution in [3.8, 4) is 0 Å². The van der Waals surface area contributed by atoms with E-state index >= 15 is 0 Å². The number of rotatable bonds is 3. The SMILES string of the molecule is O[C@H]1CCCN(CCC2CCOC2)C1. The predicted molar refractivity (Wildman–Crippen MR) is 55.2 cm³/mol. The molecule has 2 aliphatic rings. The highest BCUT2D eigenvalue weighted by Gasteiger charge is 2.20. The molecule has 0 amide bonds. The van der Waals surface area contributed by atoms with Gasteiger partial charge in [-0.05, 0) is 44.7 Å². The summed E-state index contributed by atoms with van der Waals surface area (Å²) >= 11 is 0. The molecule has 0 aromatic heterocycles. The maximum Gasteiger partial charge on any atom is 0.0667 e. The zero-order valence-electron chi connectivity index (χ0n) is 8.82. The number of β-amino-alcohol motifs (C(OH)–C–C–N with tert-alkyl or cyclic N) is 1. The van der Waals surface area contributed by atoms with Crippen LogP contribution < -0.4 is 0 Å². The van der Waals surface area contributed by atoms with Crippen LogP contribution >= 0.6 is 0 Å². The molecule has 0 aromatic carbocycles. The Morgan fingerprint density at radius 1 is 1.36 bits per heavy atom. The summed E-state index contributed by atoms with van der Waals surface area (Å²) < 4.78 is 5.35. The molecule has 2 aliphatic heterocycles. The van der Waals surface area contributed by atoms with Gasteiger partial charge in [-0.25, -0.2) is 0 Å². The van der Waals surface area contributed by atoms with E-state index in [1.54, 1.807) is 0 Å². The number of ether oxygens (including phenoxy) is 1. The molecule has 2 atom stereocenters. The minimum absolute atomic E-state index is 0.0800. The van der Waals surface area contributed by atoms with Crippen LogP contribution in [0.15, 0.2) is 0 Å². The zero-order valence-corrected chi connectivity index (χ0v) is 8.82. The molecule has 1 unspecified atom stereocenters. The number of likely N-dealkylation sites (tertiary alicyclic amines) is 1. The Balaban J connectivity index is 1.64. The first-order valence-corrected chi connectivity index (χ1v) is 5.83. The van der Waals surface area contributed by atoms with E-state index in [1.165, 1.54) is 19.4 Å². The molecule has 0 radical (unpaired) electrons. The van der Waals surface area contributed by atoms with E-state index in [4.69, 9.17) is 4.74 Å². The van der Waals surface area contributed by atoms with Crippen LogP contribution in [0.4, 0.5) is 0 Å². The van der Waals surface area contributed by atoms with E-state index in [9.17, 15) is 5.11 Å². The summed E-state index contributed by atoms with van der Waals surface area (Å²) in [5, 5.41) is 9.51. The minimum Gasteiger partial charge on any atom is -0.392 e. The minimum atomic E-state index is -0.0800. The van der Waals surface area contributed by atoms with Gasteiger partial charge in [-0.1, -0.05) is 0 Å². The third-order valence-electron chi connectivity index (χ3n) is 3.36. The largest absolute Gasteiger partial charge is 0.392 e. The summed E-state index contributed by atoms with van der Waals surface area (Å²) in [4.78, 5) is 2.40. The molecular weight excluding hydrogens is 178 g/mol. The zero-order chi connectivity index (χ0) is 9.80. The molecule has 0 bridgehead atoms. The monoisotopic (exact) mass is 199 g/mol. The number of hydrogen-bond donors (Lipinski definition) is 1. The quantitative estimate of drug-likeness (QED) is 0.732. The summed E-state index contributed by atoms with van der Waals surface area (Å²) in [6.07, 6.45) is 4.54. The van der Waals surface area contributed by atoms with Crippen LogP contribution in [0.25, 0.3) is 0 Å². The van der Waals surface area contributed by atoms with Crippen molar-refractivity contribution in [2.24, 2.45) is 5.92 Å². The second-order valence-corrected chi connectivity index (χ2v) is 4.61. The van der Waals surface area contributed by atoms with E-state index in [0.717, 1.165) is 45.1 Å². The van der Waals surface area contributed by atoms with Gasteiger partial charge in [0, 0.05) is 19.8 Å². The molecule has 0 aromatic rings. The van der Waals surface area contributed by atoms with Gasteiger partial charge in [0.15, 0.2) is 0 Å². The molecular formula is C11H21NO2. The van der Waals surface area contributed by atoms with E-state index < -0.39 is 0 Å². The van der Waals surface area contributed by atoms with Gasteiger partial charge in [-0.3, -0.25) is 0 Å². The summed E-state index contributed by atoms with van der Waals surface area (Å²) in [7, 11) is 0. The third kappa shape index (κ3) is 2.94. The molecule has 2 fully saturated rings. The Morgan fingerprint density at radius 3 is 3.00 bits per heavy atom. The maximum absolute atomic E-state index is 9.51. The molecule has 3 nitrogen and oxygen atoms in total. The van der Waals surface area contributed by atoms with Crippen molar-refractivity contribution in [3.63, 3.8) is 0 Å². The van der Waals surface area contributed by atoms with Gasteiger partial charge < -0.3 is 14.7 Å². The number of nitrogens with zero attached hydrogens (tertiary/aromatic N) is 1. The normalized spacial score (nSPS) is 34.9. The molecule has 2 rings (SSSR count). The molecule has 2 saturated heterocycles. The third-order valence-corrected chi connectivity index (χ3v) is 3.36. The standard InChI is InChI=1S/C11H21NO2/c13-11-2-1-5-12(8-11)6-3-10-4-7-14-9-10/h10-11,13H,1-9H2/t10?,11-/m0/s1. The van der Waals surface area contributed by atoms with Crippen LogP contribution in [0.5, 0.6) is 0 Å². The van der Waals surface area contributed by atoms with E-state index in [0.29, 0.717) is 0 Å². The number of aliphatic hydroxyl groups is 1. The molecule has 2 heterocycles. The Bertz CT molecular complexity index is 169. The van der Waals surface area contributed by atoms with Crippen molar-refractivity contribution < 1.29 is 9.84 Å². The molecule has 0 saturated carbocycles. The molecule has 3 heteroatoms. The molecule has 1 N–H and O–H groups in total. The number of piperidine rings is 1. The second kappa shape index (κ2) is 5.10. The van der Waals surface area contributed by atoms with Gasteiger partial charge in [0.2, 0.25) is 0 Å². The van der Waals surface area contributed by atoms with Crippen LogP contribution in [0, 0.1) is 5.92 Å². The van der Waals surface area contributed by atoms with Crippen molar-refractivity contribution in [1.29, 1.82) is 0 Å². The van der Waals surface area contributed by atoms with Crippen LogP contribution in [0.1, 0.15) is 25.7 Å². The first-order chi connectivity index (χ1) is 6.84. The molecule has 0 spiro atoms. The highest BCUT2D eigenvalue weighted by atomic mass is 16.5. The lowest BCUT2D eigenvalue weighted by Crippen LogP contribution is -2.39. The predicted octanol–water partition coefficient (Wildman–Crippen LogP) is 0.870. The van der Waals surface area contributed by atoms with Gasteiger partial charge >= 0.3 is 0 Å². The summed E-state index contributed by atoms with van der Waals surface area (Å²) in [6, 6.07) is 0. The fourth-order valence-corrected chi connectivity index (χ4v) is 2.41. The lowest BCUT2D eigenvalue weighted by Gasteiger charge is -2.30. The Kier molecular flexibility index (Phi) is 3.79. The highest BCUT2D eigenvalue weighted by Crippen LogP contribution is 2.18. The molecule has 0 aliphatic carbocycles. The smallest absolute Gasteiger partial charge is 0.0667 e. The maximum atomic E-state index is 9.51. The average molecular weight is 199 g/mol. The van der Waals surface area contributed by atoms with E-state index in [-0.39, 0.29) is 6.10 Å². The van der Waals surface area contributed by atoms with Gasteiger partial charge in [0.25, 0.3) is 0 Å². The Morgan fingerprint density at radius 2 is 2.29 bits per heavy atom. The first-order valence-electron chi connectivity index (χ1n) is 5.83. The first kappa shape index (κ1) is 10.4. The summed E-state index contributed by atoms with van der Waals surface area (Å²) in [5.74, 6) is 0.772. The molecule has 82 valence electrons. The van der Waals surface area contributed by atoms with Crippen LogP contribution in [-0.4, -0.2) is 49.0 Å². The van der Waals surface area contributed by atoms with Crippen LogP contribution in [0.2, 0.25) is 0 Å². The number of hydrogen-bond acceptors (Lipinski definition) is 3. The average Bonchev–Trinajstić information content (AvgIpc) is 2.67. The topological polar surface area (TPSA) is 32.7 Å². The Hall–Kier alpha value is -0.120. The van der Waals surface area contributed by atoms with Gasteiger partial charge in [0.1, 0.15) is 0 Å². The lowest BCUT2D eigenvalue weighted by atomic mass is 10.0. The van der Waals surface area contributed by atoms with Crippen LogP contribution in [0.3, 0.4) is 0 Å². The number of aliphatic hydroxyl groups excluding tert-OH is 1. The second-order valence-electron chi connectivity index (χ2n) is 4.61. The van der Waals surface area contributed by atoms with Crippen LogP contribution in [-0.2, 0) is 4.74 Å². The van der Waals surface area contributed by atoms with Crippen molar-refractivity contribution in [3.05, 3.63) is 0 Å². The highest BCUT2D eigenvalue weighted by molar-refractivity contribution is 4.73. The Labute approximate surface area is 86.0 Å². The van der Waals surface area contributed by atoms with Gasteiger partial charge in [0.05, 0.1) is 6.10 Å². The van der Waals surface area contributed by atoms with Crippen molar-refractivity contribution in [1.82, 2.24) is 4.90 Å². The summed E-state index contributed by atoms with van der Waals surface area (Å²) in [5.41, 5.74) is 0. The van der Waals surface area contributed by atoms with Crippen molar-refractivity contribution in [2.45, 2.75) is 31.8 Å². The fraction of sp³-hybridized carbons (Fsp3) is 1.00. The fourth-order valence-electron chi connectivity index (χ4n) is 2.41. The summed E-state index contributed by atoms with van der Waals surface area (Å²) in [6.45, 7) is 5.10. The molecule has 14 heavy (non-hydrogen) atoms. The lowest BCUT2D eigenvalue weighted by molar-refractivity contribution is 0.0670. The van der Waals surface area contributed by atoms with E-state index in [1.807, 2.05) is 0 Å². The van der Waals surface area contributed by atoms with Crippen molar-refractivity contribution in [2.75, 3.05) is 32.8 Å². The van der Waals surface area contributed by atoms with Crippen molar-refractivity contribution >= 4 is 0 Å². The van der Waals surface area contributed by atoms with Gasteiger partial charge in [-0.2, -0.15) is 0 Å². The van der Waals surface area contributed by atoms with E-state index in [2.05, 4.69) is 4.90 Å². The van der Waals surface area contributed by atoms with Gasteiger partial charge in [-0.15, -0.1) is 0 Å².